The molecule has 0 spiro atoms. The Kier molecular flexibility index (Phi) is 6.65. The fourth-order valence-electron chi connectivity index (χ4n) is 3.06. The van der Waals surface area contributed by atoms with Gasteiger partial charge < -0.3 is 13.9 Å². The number of para-hydroxylation sites is 1. The highest BCUT2D eigenvalue weighted by atomic mass is 32.2. The Bertz CT molecular complexity index is 882. The number of alkyl halides is 2. The molecule has 1 N–H and O–H groups in total. The summed E-state index contributed by atoms with van der Waals surface area (Å²) in [6.45, 7) is 1.01. The molecule has 1 aliphatic heterocycles. The van der Waals surface area contributed by atoms with E-state index in [1.54, 1.807) is 6.07 Å². The first kappa shape index (κ1) is 20.7. The summed E-state index contributed by atoms with van der Waals surface area (Å²) >= 11 is 0. The van der Waals surface area contributed by atoms with Gasteiger partial charge in [0.05, 0.1) is 19.3 Å². The number of hydrogen-bond acceptors (Lipinski definition) is 6. The SMILES string of the molecule is Cc1ccc(C(CNS(=O)(=O)c2ccccc2OC(F)F)N2CCOCC2)o1. The lowest BCUT2D eigenvalue weighted by Gasteiger charge is -2.33. The largest absolute Gasteiger partial charge is 0.465 e. The average Bonchev–Trinajstić information content (AvgIpc) is 3.08. The number of hydrogen-bond donors (Lipinski definition) is 1. The highest BCUT2D eigenvalue weighted by molar-refractivity contribution is 7.89. The van der Waals surface area contributed by atoms with E-state index in [0.29, 0.717) is 37.8 Å². The molecule has 2 aromatic rings. The number of nitrogens with one attached hydrogen (secondary N) is 1. The van der Waals surface area contributed by atoms with Crippen molar-refractivity contribution in [1.29, 1.82) is 0 Å². The molecule has 0 saturated carbocycles. The monoisotopic (exact) mass is 416 g/mol. The zero-order chi connectivity index (χ0) is 20.1. The molecule has 1 aromatic heterocycles. The van der Waals surface area contributed by atoms with Gasteiger partial charge in [0.15, 0.2) is 0 Å². The molecule has 154 valence electrons. The minimum absolute atomic E-state index is 0.0122. The summed E-state index contributed by atoms with van der Waals surface area (Å²) in [5, 5.41) is 0. The molecule has 1 saturated heterocycles. The first-order valence-corrected chi connectivity index (χ1v) is 10.3. The number of halogens is 2. The molecule has 0 bridgehead atoms. The van der Waals surface area contributed by atoms with Crippen LogP contribution >= 0.6 is 0 Å². The van der Waals surface area contributed by atoms with E-state index < -0.39 is 22.4 Å². The van der Waals surface area contributed by atoms with Crippen molar-refractivity contribution >= 4 is 10.0 Å². The summed E-state index contributed by atoms with van der Waals surface area (Å²) in [5.41, 5.74) is 0. The van der Waals surface area contributed by atoms with Crippen molar-refractivity contribution in [2.24, 2.45) is 0 Å². The molecular formula is C18H22F2N2O5S. The fourth-order valence-corrected chi connectivity index (χ4v) is 4.23. The third kappa shape index (κ3) is 5.07. The quantitative estimate of drug-likeness (QED) is 0.712. The van der Waals surface area contributed by atoms with Gasteiger partial charge in [-0.25, -0.2) is 13.1 Å². The molecule has 1 fully saturated rings. The lowest BCUT2D eigenvalue weighted by atomic mass is 10.2. The van der Waals surface area contributed by atoms with Crippen molar-refractivity contribution in [1.82, 2.24) is 9.62 Å². The topological polar surface area (TPSA) is 81.0 Å². The molecule has 28 heavy (non-hydrogen) atoms. The maximum absolute atomic E-state index is 12.7. The number of aryl methyl sites for hydroxylation is 1. The van der Waals surface area contributed by atoms with Gasteiger partial charge in [-0.05, 0) is 31.2 Å². The van der Waals surface area contributed by atoms with Crippen LogP contribution in [0.1, 0.15) is 17.6 Å². The van der Waals surface area contributed by atoms with Crippen LogP contribution < -0.4 is 9.46 Å². The van der Waals surface area contributed by atoms with Crippen LogP contribution in [0.25, 0.3) is 0 Å². The summed E-state index contributed by atoms with van der Waals surface area (Å²) in [4.78, 5) is 1.72. The predicted molar refractivity (Wildman–Crippen MR) is 96.8 cm³/mol. The number of benzene rings is 1. The van der Waals surface area contributed by atoms with Crippen LogP contribution in [0.2, 0.25) is 0 Å². The normalized spacial score (nSPS) is 17.0. The Hall–Kier alpha value is -2.01. The predicted octanol–water partition coefficient (Wildman–Crippen LogP) is 2.54. The molecule has 1 unspecified atom stereocenters. The third-order valence-electron chi connectivity index (χ3n) is 4.40. The molecule has 0 radical (unpaired) electrons. The highest BCUT2D eigenvalue weighted by Crippen LogP contribution is 2.27. The molecule has 0 amide bonds. The van der Waals surface area contributed by atoms with Crippen LogP contribution in [-0.4, -0.2) is 52.8 Å². The molecule has 3 rings (SSSR count). The van der Waals surface area contributed by atoms with Crippen LogP contribution in [0.5, 0.6) is 5.75 Å². The summed E-state index contributed by atoms with van der Waals surface area (Å²) in [7, 11) is -4.08. The number of morpholine rings is 1. The van der Waals surface area contributed by atoms with Crippen molar-refractivity contribution in [3.63, 3.8) is 0 Å². The number of ether oxygens (including phenoxy) is 2. The number of nitrogens with zero attached hydrogens (tertiary/aromatic N) is 1. The minimum atomic E-state index is -4.08. The molecule has 10 heteroatoms. The van der Waals surface area contributed by atoms with Crippen LogP contribution in [-0.2, 0) is 14.8 Å². The Morgan fingerprint density at radius 1 is 1.18 bits per heavy atom. The number of rotatable bonds is 8. The van der Waals surface area contributed by atoms with Crippen LogP contribution in [0.4, 0.5) is 8.78 Å². The smallest absolute Gasteiger partial charge is 0.387 e. The number of furan rings is 1. The van der Waals surface area contributed by atoms with Crippen LogP contribution in [0, 0.1) is 6.92 Å². The minimum Gasteiger partial charge on any atom is -0.465 e. The lowest BCUT2D eigenvalue weighted by Crippen LogP contribution is -2.43. The maximum Gasteiger partial charge on any atom is 0.387 e. The maximum atomic E-state index is 12.7. The molecule has 0 aliphatic carbocycles. The summed E-state index contributed by atoms with van der Waals surface area (Å²) < 4.78 is 68.6. The van der Waals surface area contributed by atoms with Crippen molar-refractivity contribution < 1.29 is 31.1 Å². The van der Waals surface area contributed by atoms with Gasteiger partial charge in [0.1, 0.15) is 22.2 Å². The molecular weight excluding hydrogens is 394 g/mol. The van der Waals surface area contributed by atoms with Crippen LogP contribution in [0.3, 0.4) is 0 Å². The first-order chi connectivity index (χ1) is 13.4. The second-order valence-electron chi connectivity index (χ2n) is 6.29. The first-order valence-electron chi connectivity index (χ1n) is 8.78. The zero-order valence-electron chi connectivity index (χ0n) is 15.3. The van der Waals surface area contributed by atoms with E-state index in [-0.39, 0.29) is 17.5 Å². The van der Waals surface area contributed by atoms with E-state index in [0.717, 1.165) is 0 Å². The van der Waals surface area contributed by atoms with E-state index in [4.69, 9.17) is 9.15 Å². The van der Waals surface area contributed by atoms with Gasteiger partial charge in [-0.2, -0.15) is 8.78 Å². The molecule has 1 atom stereocenters. The van der Waals surface area contributed by atoms with Crippen molar-refractivity contribution in [3.8, 4) is 5.75 Å². The third-order valence-corrected chi connectivity index (χ3v) is 5.86. The van der Waals surface area contributed by atoms with E-state index in [2.05, 4.69) is 14.4 Å². The van der Waals surface area contributed by atoms with Crippen molar-refractivity contribution in [3.05, 3.63) is 47.9 Å². The van der Waals surface area contributed by atoms with Gasteiger partial charge in [0.25, 0.3) is 0 Å². The standard InChI is InChI=1S/C18H22F2N2O5S/c1-13-6-7-15(26-13)14(22-8-10-25-11-9-22)12-21-28(23,24)17-5-3-2-4-16(17)27-18(19)20/h2-7,14,18,21H,8-12H2,1H3. The van der Waals surface area contributed by atoms with Gasteiger partial charge in [-0.3, -0.25) is 4.90 Å². The van der Waals surface area contributed by atoms with Crippen molar-refractivity contribution in [2.45, 2.75) is 24.5 Å². The second kappa shape index (κ2) is 8.99. The zero-order valence-corrected chi connectivity index (χ0v) is 16.1. The Labute approximate surface area is 162 Å². The second-order valence-corrected chi connectivity index (χ2v) is 8.03. The molecule has 2 heterocycles. The summed E-state index contributed by atoms with van der Waals surface area (Å²) in [5.74, 6) is 0.938. The average molecular weight is 416 g/mol. The van der Waals surface area contributed by atoms with Gasteiger partial charge in [0.2, 0.25) is 10.0 Å². The fraction of sp³-hybridized carbons (Fsp3) is 0.444. The van der Waals surface area contributed by atoms with Gasteiger partial charge >= 0.3 is 6.61 Å². The van der Waals surface area contributed by atoms with Crippen molar-refractivity contribution in [2.75, 3.05) is 32.8 Å². The summed E-state index contributed by atoms with van der Waals surface area (Å²) in [6, 6.07) is 8.55. The van der Waals surface area contributed by atoms with E-state index in [9.17, 15) is 17.2 Å². The Balaban J connectivity index is 1.80. The van der Waals surface area contributed by atoms with Crippen LogP contribution in [0.15, 0.2) is 45.7 Å². The van der Waals surface area contributed by atoms with E-state index >= 15 is 0 Å². The van der Waals surface area contributed by atoms with Gasteiger partial charge in [0, 0.05) is 19.6 Å². The molecule has 1 aromatic carbocycles. The Morgan fingerprint density at radius 3 is 2.54 bits per heavy atom. The number of sulfonamides is 1. The lowest BCUT2D eigenvalue weighted by molar-refractivity contribution is -0.0517. The van der Waals surface area contributed by atoms with E-state index in [1.807, 2.05) is 13.0 Å². The Morgan fingerprint density at radius 2 is 1.89 bits per heavy atom. The van der Waals surface area contributed by atoms with E-state index in [1.165, 1.54) is 24.3 Å². The molecule has 1 aliphatic rings. The molecule has 7 nitrogen and oxygen atoms in total. The van der Waals surface area contributed by atoms with Gasteiger partial charge in [-0.15, -0.1) is 0 Å². The summed E-state index contributed by atoms with van der Waals surface area (Å²) in [6.07, 6.45) is 0. The highest BCUT2D eigenvalue weighted by Gasteiger charge is 2.28. The van der Waals surface area contributed by atoms with Gasteiger partial charge in [-0.1, -0.05) is 12.1 Å².